The highest BCUT2D eigenvalue weighted by Gasteiger charge is 2.23. The van der Waals surface area contributed by atoms with Crippen LogP contribution in [0.15, 0.2) is 24.4 Å². The largest absolute Gasteiger partial charge is 0.271 e. The molecule has 108 valence electrons. The Labute approximate surface area is 122 Å². The van der Waals surface area contributed by atoms with Crippen molar-refractivity contribution in [3.63, 3.8) is 0 Å². The number of halogens is 2. The molecule has 0 saturated heterocycles. The predicted molar refractivity (Wildman–Crippen MR) is 77.9 cm³/mol. The second-order valence-electron chi connectivity index (χ2n) is 5.08. The van der Waals surface area contributed by atoms with Gasteiger partial charge >= 0.3 is 0 Å². The van der Waals surface area contributed by atoms with Gasteiger partial charge in [-0.3, -0.25) is 10.5 Å². The van der Waals surface area contributed by atoms with Crippen molar-refractivity contribution in [2.75, 3.05) is 0 Å². The van der Waals surface area contributed by atoms with Gasteiger partial charge in [-0.25, -0.2) is 9.82 Å². The van der Waals surface area contributed by atoms with Gasteiger partial charge in [-0.15, -0.1) is 0 Å². The third-order valence-corrected chi connectivity index (χ3v) is 3.41. The van der Waals surface area contributed by atoms with E-state index in [0.29, 0.717) is 10.6 Å². The van der Waals surface area contributed by atoms with Crippen LogP contribution in [0.1, 0.15) is 42.8 Å². The molecule has 0 radical (unpaired) electrons. The van der Waals surface area contributed by atoms with E-state index >= 15 is 0 Å². The third-order valence-electron chi connectivity index (χ3n) is 3.11. The van der Waals surface area contributed by atoms with Crippen LogP contribution in [0.4, 0.5) is 4.39 Å². The van der Waals surface area contributed by atoms with E-state index in [-0.39, 0.29) is 11.9 Å². The lowest BCUT2D eigenvalue weighted by atomic mass is 10.0. The van der Waals surface area contributed by atoms with Gasteiger partial charge in [0.1, 0.15) is 5.82 Å². The smallest absolute Gasteiger partial charge is 0.123 e. The van der Waals surface area contributed by atoms with Crippen molar-refractivity contribution >= 4 is 11.6 Å². The number of nitrogens with zero attached hydrogens (tertiary/aromatic N) is 2. The fourth-order valence-corrected chi connectivity index (χ4v) is 2.54. The Kier molecular flexibility index (Phi) is 4.42. The van der Waals surface area contributed by atoms with Crippen LogP contribution in [-0.2, 0) is 0 Å². The minimum Gasteiger partial charge on any atom is -0.271 e. The van der Waals surface area contributed by atoms with Gasteiger partial charge in [0.2, 0.25) is 0 Å². The summed E-state index contributed by atoms with van der Waals surface area (Å²) in [6, 6.07) is 4.51. The fraction of sp³-hybridized carbons (Fsp3) is 0.357. The summed E-state index contributed by atoms with van der Waals surface area (Å²) in [5.41, 5.74) is 4.97. The van der Waals surface area contributed by atoms with Crippen LogP contribution in [-0.4, -0.2) is 9.78 Å². The molecule has 0 fully saturated rings. The van der Waals surface area contributed by atoms with Crippen molar-refractivity contribution in [1.29, 1.82) is 0 Å². The monoisotopic (exact) mass is 296 g/mol. The molecule has 2 aromatic rings. The maximum atomic E-state index is 13.6. The topological polar surface area (TPSA) is 55.9 Å². The van der Waals surface area contributed by atoms with Gasteiger partial charge in [0.25, 0.3) is 0 Å². The summed E-state index contributed by atoms with van der Waals surface area (Å²) >= 11 is 6.22. The summed E-state index contributed by atoms with van der Waals surface area (Å²) < 4.78 is 15.4. The molecule has 1 aromatic carbocycles. The highest BCUT2D eigenvalue weighted by molar-refractivity contribution is 6.31. The Morgan fingerprint density at radius 1 is 1.35 bits per heavy atom. The van der Waals surface area contributed by atoms with Gasteiger partial charge in [-0.2, -0.15) is 5.10 Å². The van der Waals surface area contributed by atoms with Gasteiger partial charge in [0.05, 0.1) is 23.0 Å². The average Bonchev–Trinajstić information content (AvgIpc) is 2.72. The van der Waals surface area contributed by atoms with E-state index in [4.69, 9.17) is 17.4 Å². The van der Waals surface area contributed by atoms with Gasteiger partial charge in [-0.05, 0) is 44.0 Å². The molecule has 0 bridgehead atoms. The van der Waals surface area contributed by atoms with Crippen molar-refractivity contribution in [1.82, 2.24) is 15.2 Å². The van der Waals surface area contributed by atoms with Gasteiger partial charge < -0.3 is 0 Å². The molecule has 6 heteroatoms. The van der Waals surface area contributed by atoms with Crippen LogP contribution in [0.5, 0.6) is 0 Å². The first-order chi connectivity index (χ1) is 9.43. The first-order valence-corrected chi connectivity index (χ1v) is 6.78. The van der Waals surface area contributed by atoms with E-state index in [1.807, 2.05) is 26.8 Å². The minimum atomic E-state index is -0.415. The van der Waals surface area contributed by atoms with Crippen molar-refractivity contribution < 1.29 is 4.39 Å². The summed E-state index contributed by atoms with van der Waals surface area (Å²) in [7, 11) is 0. The molecule has 4 nitrogen and oxygen atoms in total. The molecule has 1 aromatic heterocycles. The standard InChI is InChI=1S/C14H18ClFN4/c1-8(2)20-14(12(15)7-18-20)13(19-17)10-4-9(3)5-11(16)6-10/h4-8,13,19H,17H2,1-3H3. The molecule has 0 saturated carbocycles. The van der Waals surface area contributed by atoms with Crippen LogP contribution in [0.3, 0.4) is 0 Å². The zero-order valence-corrected chi connectivity index (χ0v) is 12.4. The van der Waals surface area contributed by atoms with E-state index in [1.165, 1.54) is 12.1 Å². The van der Waals surface area contributed by atoms with Crippen molar-refractivity contribution in [3.05, 3.63) is 52.1 Å². The molecule has 0 amide bonds. The van der Waals surface area contributed by atoms with Crippen LogP contribution < -0.4 is 11.3 Å². The lowest BCUT2D eigenvalue weighted by Gasteiger charge is -2.21. The number of rotatable bonds is 4. The van der Waals surface area contributed by atoms with Crippen molar-refractivity contribution in [3.8, 4) is 0 Å². The Balaban J connectivity index is 2.55. The van der Waals surface area contributed by atoms with E-state index in [1.54, 1.807) is 10.9 Å². The molecule has 3 N–H and O–H groups in total. The molecule has 0 aliphatic carbocycles. The van der Waals surface area contributed by atoms with Crippen LogP contribution >= 0.6 is 11.6 Å². The number of nitrogens with one attached hydrogen (secondary N) is 1. The molecule has 2 rings (SSSR count). The Morgan fingerprint density at radius 3 is 2.60 bits per heavy atom. The second kappa shape index (κ2) is 5.91. The second-order valence-corrected chi connectivity index (χ2v) is 5.48. The Bertz CT molecular complexity index is 589. The first-order valence-electron chi connectivity index (χ1n) is 6.40. The van der Waals surface area contributed by atoms with Crippen LogP contribution in [0.25, 0.3) is 0 Å². The number of benzene rings is 1. The zero-order chi connectivity index (χ0) is 14.9. The van der Waals surface area contributed by atoms with Crippen LogP contribution in [0.2, 0.25) is 5.02 Å². The minimum absolute atomic E-state index is 0.128. The average molecular weight is 297 g/mol. The predicted octanol–water partition coefficient (Wildman–Crippen LogP) is 3.12. The quantitative estimate of drug-likeness (QED) is 0.673. The number of nitrogens with two attached hydrogens (primary N) is 1. The highest BCUT2D eigenvalue weighted by Crippen LogP contribution is 2.30. The first kappa shape index (κ1) is 15.0. The molecule has 20 heavy (non-hydrogen) atoms. The van der Waals surface area contributed by atoms with E-state index in [2.05, 4.69) is 10.5 Å². The molecule has 0 aliphatic rings. The molecular weight excluding hydrogens is 279 g/mol. The third kappa shape index (κ3) is 2.85. The molecular formula is C14H18ClFN4. The van der Waals surface area contributed by atoms with E-state index in [9.17, 15) is 4.39 Å². The lowest BCUT2D eigenvalue weighted by molar-refractivity contribution is 0.475. The highest BCUT2D eigenvalue weighted by atomic mass is 35.5. The van der Waals surface area contributed by atoms with E-state index < -0.39 is 6.04 Å². The molecule has 1 atom stereocenters. The van der Waals surface area contributed by atoms with Crippen molar-refractivity contribution in [2.45, 2.75) is 32.9 Å². The van der Waals surface area contributed by atoms with Crippen LogP contribution in [0, 0.1) is 12.7 Å². The molecule has 0 aliphatic heterocycles. The van der Waals surface area contributed by atoms with Crippen molar-refractivity contribution in [2.24, 2.45) is 5.84 Å². The summed E-state index contributed by atoms with van der Waals surface area (Å²) in [6.45, 7) is 5.83. The normalized spacial score (nSPS) is 12.9. The van der Waals surface area contributed by atoms with Gasteiger partial charge in [0.15, 0.2) is 0 Å². The molecule has 0 spiro atoms. The molecule has 1 heterocycles. The maximum absolute atomic E-state index is 13.6. The number of hydrogen-bond donors (Lipinski definition) is 2. The number of hydrogen-bond acceptors (Lipinski definition) is 3. The summed E-state index contributed by atoms with van der Waals surface area (Å²) in [5, 5.41) is 4.75. The number of aromatic nitrogens is 2. The fourth-order valence-electron chi connectivity index (χ4n) is 2.30. The Hall–Kier alpha value is -1.43. The summed E-state index contributed by atoms with van der Waals surface area (Å²) in [4.78, 5) is 0. The number of hydrazine groups is 1. The molecule has 1 unspecified atom stereocenters. The Morgan fingerprint density at radius 2 is 2.05 bits per heavy atom. The maximum Gasteiger partial charge on any atom is 0.123 e. The van der Waals surface area contributed by atoms with Gasteiger partial charge in [0, 0.05) is 6.04 Å². The lowest BCUT2D eigenvalue weighted by Crippen LogP contribution is -2.31. The summed E-state index contributed by atoms with van der Waals surface area (Å²) in [6.07, 6.45) is 1.58. The number of aryl methyl sites for hydroxylation is 1. The van der Waals surface area contributed by atoms with Gasteiger partial charge in [-0.1, -0.05) is 17.7 Å². The van der Waals surface area contributed by atoms with E-state index in [0.717, 1.165) is 11.3 Å². The summed E-state index contributed by atoms with van der Waals surface area (Å²) in [5.74, 6) is 5.36. The zero-order valence-electron chi connectivity index (χ0n) is 11.7. The SMILES string of the molecule is Cc1cc(F)cc(C(NN)c2c(Cl)cnn2C(C)C)c1.